The molecule has 1 heterocycles. The number of hydrogen-bond donors (Lipinski definition) is 1. The van der Waals surface area contributed by atoms with Crippen molar-refractivity contribution >= 4 is 10.9 Å². The monoisotopic (exact) mass is 233 g/mol. The molecule has 0 radical (unpaired) electrons. The number of aliphatic hydroxyl groups is 1. The van der Waals surface area contributed by atoms with Crippen LogP contribution in [-0.2, 0) is 6.54 Å². The van der Waals surface area contributed by atoms with Gasteiger partial charge >= 0.3 is 0 Å². The van der Waals surface area contributed by atoms with Gasteiger partial charge in [0.2, 0.25) is 0 Å². The van der Waals surface area contributed by atoms with Crippen molar-refractivity contribution in [2.45, 2.75) is 32.9 Å². The van der Waals surface area contributed by atoms with E-state index in [0.717, 1.165) is 18.7 Å². The van der Waals surface area contributed by atoms with Crippen LogP contribution in [-0.4, -0.2) is 22.4 Å². The van der Waals surface area contributed by atoms with Crippen LogP contribution in [0, 0.1) is 0 Å². The first kappa shape index (κ1) is 12.0. The average Bonchev–Trinajstić information content (AvgIpc) is 2.68. The highest BCUT2D eigenvalue weighted by Crippen LogP contribution is 2.23. The second-order valence-electron chi connectivity index (χ2n) is 4.47. The Hall–Kier alpha value is -1.48. The molecule has 0 atom stereocenters. The molecule has 0 amide bonds. The van der Waals surface area contributed by atoms with Crippen molar-refractivity contribution in [3.63, 3.8) is 0 Å². The van der Waals surface area contributed by atoms with Gasteiger partial charge in [0.25, 0.3) is 0 Å². The third-order valence-electron chi connectivity index (χ3n) is 2.67. The van der Waals surface area contributed by atoms with Crippen molar-refractivity contribution in [2.24, 2.45) is 0 Å². The molecule has 0 spiro atoms. The number of aromatic nitrogens is 1. The minimum atomic E-state index is 0.198. The van der Waals surface area contributed by atoms with Gasteiger partial charge in [-0.3, -0.25) is 0 Å². The Labute approximate surface area is 102 Å². The minimum Gasteiger partial charge on any atom is -0.491 e. The first-order valence-electron chi connectivity index (χ1n) is 6.07. The molecule has 17 heavy (non-hydrogen) atoms. The first-order valence-corrected chi connectivity index (χ1v) is 6.07. The van der Waals surface area contributed by atoms with Crippen LogP contribution in [0.15, 0.2) is 30.5 Å². The summed E-state index contributed by atoms with van der Waals surface area (Å²) in [5.41, 5.74) is 1.19. The largest absolute Gasteiger partial charge is 0.491 e. The quantitative estimate of drug-likeness (QED) is 0.861. The van der Waals surface area contributed by atoms with Gasteiger partial charge in [-0.15, -0.1) is 0 Å². The van der Waals surface area contributed by atoms with Crippen LogP contribution in [0.4, 0.5) is 0 Å². The lowest BCUT2D eigenvalue weighted by Crippen LogP contribution is -2.05. The maximum Gasteiger partial charge on any atom is 0.120 e. The predicted octanol–water partition coefficient (Wildman–Crippen LogP) is 2.81. The van der Waals surface area contributed by atoms with Crippen molar-refractivity contribution < 1.29 is 9.84 Å². The lowest BCUT2D eigenvalue weighted by atomic mass is 10.2. The van der Waals surface area contributed by atoms with Gasteiger partial charge in [0.15, 0.2) is 0 Å². The SMILES string of the molecule is CC(C)Oc1ccc2c(ccn2CCCO)c1. The molecule has 0 saturated heterocycles. The van der Waals surface area contributed by atoms with E-state index in [4.69, 9.17) is 9.84 Å². The van der Waals surface area contributed by atoms with Gasteiger partial charge in [0.1, 0.15) is 5.75 Å². The highest BCUT2D eigenvalue weighted by atomic mass is 16.5. The van der Waals surface area contributed by atoms with E-state index in [-0.39, 0.29) is 12.7 Å². The fourth-order valence-corrected chi connectivity index (χ4v) is 1.96. The van der Waals surface area contributed by atoms with Gasteiger partial charge in [0.05, 0.1) is 6.10 Å². The molecular formula is C14H19NO2. The Kier molecular flexibility index (Phi) is 3.69. The zero-order valence-electron chi connectivity index (χ0n) is 10.4. The van der Waals surface area contributed by atoms with Crippen molar-refractivity contribution in [2.75, 3.05) is 6.61 Å². The molecule has 92 valence electrons. The Balaban J connectivity index is 2.25. The molecule has 1 aromatic carbocycles. The number of fused-ring (bicyclic) bond motifs is 1. The topological polar surface area (TPSA) is 34.4 Å². The van der Waals surface area contributed by atoms with Gasteiger partial charge < -0.3 is 14.4 Å². The lowest BCUT2D eigenvalue weighted by Gasteiger charge is -2.10. The van der Waals surface area contributed by atoms with E-state index in [2.05, 4.69) is 29.0 Å². The van der Waals surface area contributed by atoms with Crippen LogP contribution in [0.5, 0.6) is 5.75 Å². The Morgan fingerprint density at radius 3 is 2.82 bits per heavy atom. The van der Waals surface area contributed by atoms with Crippen LogP contribution in [0.3, 0.4) is 0 Å². The number of benzene rings is 1. The Bertz CT molecular complexity index is 488. The van der Waals surface area contributed by atoms with Crippen LogP contribution >= 0.6 is 0 Å². The summed E-state index contributed by atoms with van der Waals surface area (Å²) in [5.74, 6) is 0.910. The number of hydrogen-bond acceptors (Lipinski definition) is 2. The third kappa shape index (κ3) is 2.80. The summed E-state index contributed by atoms with van der Waals surface area (Å²) in [5, 5.41) is 10.0. The molecule has 3 nitrogen and oxygen atoms in total. The highest BCUT2D eigenvalue weighted by molar-refractivity contribution is 5.81. The zero-order chi connectivity index (χ0) is 12.3. The molecule has 1 aromatic heterocycles. The Morgan fingerprint density at radius 1 is 1.29 bits per heavy atom. The first-order chi connectivity index (χ1) is 8.20. The summed E-state index contributed by atoms with van der Waals surface area (Å²) in [7, 11) is 0. The highest BCUT2D eigenvalue weighted by Gasteiger charge is 2.03. The van der Waals surface area contributed by atoms with Gasteiger partial charge in [-0.1, -0.05) is 0 Å². The number of ether oxygens (including phenoxy) is 1. The van der Waals surface area contributed by atoms with Crippen molar-refractivity contribution in [3.8, 4) is 5.75 Å². The summed E-state index contributed by atoms with van der Waals surface area (Å²) in [4.78, 5) is 0. The number of aliphatic hydroxyl groups excluding tert-OH is 1. The van der Waals surface area contributed by atoms with Crippen LogP contribution in [0.2, 0.25) is 0 Å². The molecule has 0 unspecified atom stereocenters. The third-order valence-corrected chi connectivity index (χ3v) is 2.67. The van der Waals surface area contributed by atoms with Gasteiger partial charge in [-0.25, -0.2) is 0 Å². The van der Waals surface area contributed by atoms with Crippen LogP contribution in [0.1, 0.15) is 20.3 Å². The molecule has 3 heteroatoms. The summed E-state index contributed by atoms with van der Waals surface area (Å²) in [6.07, 6.45) is 3.04. The van der Waals surface area contributed by atoms with E-state index < -0.39 is 0 Å². The molecule has 0 aliphatic rings. The lowest BCUT2D eigenvalue weighted by molar-refractivity contribution is 0.243. The van der Waals surface area contributed by atoms with Gasteiger partial charge in [-0.05, 0) is 44.5 Å². The molecule has 2 aromatic rings. The summed E-state index contributed by atoms with van der Waals surface area (Å²) < 4.78 is 7.82. The van der Waals surface area contributed by atoms with Crippen LogP contribution < -0.4 is 4.74 Å². The van der Waals surface area contributed by atoms with E-state index in [1.54, 1.807) is 0 Å². The average molecular weight is 233 g/mol. The number of nitrogens with zero attached hydrogens (tertiary/aromatic N) is 1. The summed E-state index contributed by atoms with van der Waals surface area (Å²) in [6, 6.07) is 8.22. The van der Waals surface area contributed by atoms with E-state index in [1.807, 2.05) is 19.9 Å². The van der Waals surface area contributed by atoms with E-state index in [9.17, 15) is 0 Å². The van der Waals surface area contributed by atoms with Crippen LogP contribution in [0.25, 0.3) is 10.9 Å². The fourth-order valence-electron chi connectivity index (χ4n) is 1.96. The van der Waals surface area contributed by atoms with E-state index in [1.165, 1.54) is 10.9 Å². The summed E-state index contributed by atoms with van der Waals surface area (Å²) in [6.45, 7) is 5.13. The van der Waals surface area contributed by atoms with Gasteiger partial charge in [0, 0.05) is 30.3 Å². The standard InChI is InChI=1S/C14H19NO2/c1-11(2)17-13-4-5-14-12(10-13)6-8-15(14)7-3-9-16/h4-6,8,10-11,16H,3,7,9H2,1-2H3. The van der Waals surface area contributed by atoms with Gasteiger partial charge in [-0.2, -0.15) is 0 Å². The summed E-state index contributed by atoms with van der Waals surface area (Å²) >= 11 is 0. The second-order valence-corrected chi connectivity index (χ2v) is 4.47. The number of rotatable bonds is 5. The van der Waals surface area contributed by atoms with Crippen molar-refractivity contribution in [1.82, 2.24) is 4.57 Å². The normalized spacial score (nSPS) is 11.3. The second kappa shape index (κ2) is 5.23. The predicted molar refractivity (Wildman–Crippen MR) is 69.4 cm³/mol. The molecule has 0 aliphatic heterocycles. The fraction of sp³-hybridized carbons (Fsp3) is 0.429. The smallest absolute Gasteiger partial charge is 0.120 e. The molecule has 0 saturated carbocycles. The molecule has 0 fully saturated rings. The maximum atomic E-state index is 8.85. The molecule has 0 bridgehead atoms. The minimum absolute atomic E-state index is 0.198. The van der Waals surface area contributed by atoms with E-state index >= 15 is 0 Å². The molecule has 2 rings (SSSR count). The Morgan fingerprint density at radius 2 is 2.12 bits per heavy atom. The molecular weight excluding hydrogens is 214 g/mol. The zero-order valence-corrected chi connectivity index (χ0v) is 10.4. The van der Waals surface area contributed by atoms with Crippen molar-refractivity contribution in [1.29, 1.82) is 0 Å². The van der Waals surface area contributed by atoms with E-state index in [0.29, 0.717) is 0 Å². The maximum absolute atomic E-state index is 8.85. The van der Waals surface area contributed by atoms with Crippen molar-refractivity contribution in [3.05, 3.63) is 30.5 Å². The number of aryl methyl sites for hydroxylation is 1. The molecule has 1 N–H and O–H groups in total. The molecule has 0 aliphatic carbocycles.